The van der Waals surface area contributed by atoms with Crippen LogP contribution >= 0.6 is 54.4 Å². The fourth-order valence-corrected chi connectivity index (χ4v) is 6.60. The van der Waals surface area contributed by atoms with Crippen molar-refractivity contribution in [3.8, 4) is 0 Å². The standard InChI is InChI=1S/C19H26I2N11P/c20-6-2-4(8(22)11(6)25)9(23)13(27)14(28)17(2)31-1-32-18-3-5(10(24)12(26)7(3)21)19(33)16(30)15(18)29/h6-7,31-32H,1,22-30,33H2. The van der Waals surface area contributed by atoms with Crippen molar-refractivity contribution in [2.45, 2.75) is 7.85 Å². The average Bonchev–Trinajstić information content (AvgIpc) is 3.14. The Morgan fingerprint density at radius 1 is 0.606 bits per heavy atom. The van der Waals surface area contributed by atoms with Crippen molar-refractivity contribution in [2.24, 2.45) is 22.9 Å². The van der Waals surface area contributed by atoms with E-state index >= 15 is 0 Å². The van der Waals surface area contributed by atoms with Crippen LogP contribution in [-0.4, -0.2) is 6.67 Å². The van der Waals surface area contributed by atoms with Gasteiger partial charge in [-0.1, -0.05) is 45.2 Å². The predicted molar refractivity (Wildman–Crippen MR) is 161 cm³/mol. The molecule has 176 valence electrons. The summed E-state index contributed by atoms with van der Waals surface area (Å²) in [4.78, 5) is 0. The van der Waals surface area contributed by atoms with Gasteiger partial charge in [0.25, 0.3) is 0 Å². The molecule has 3 atom stereocenters. The van der Waals surface area contributed by atoms with Crippen LogP contribution in [0, 0.1) is 0 Å². The van der Waals surface area contributed by atoms with Crippen LogP contribution in [0.25, 0.3) is 11.4 Å². The Morgan fingerprint density at radius 2 is 1.03 bits per heavy atom. The molecule has 0 saturated heterocycles. The van der Waals surface area contributed by atoms with Gasteiger partial charge in [0, 0.05) is 39.0 Å². The highest BCUT2D eigenvalue weighted by Crippen LogP contribution is 2.52. The number of nitrogen functional groups attached to an aromatic ring is 5. The van der Waals surface area contributed by atoms with E-state index in [4.69, 9.17) is 51.6 Å². The Labute approximate surface area is 220 Å². The van der Waals surface area contributed by atoms with E-state index in [2.05, 4.69) is 65.1 Å². The number of benzene rings is 2. The zero-order valence-electron chi connectivity index (χ0n) is 17.4. The first-order chi connectivity index (χ1) is 15.4. The molecule has 0 amide bonds. The monoisotopic (exact) mass is 693 g/mol. The first-order valence-corrected chi connectivity index (χ1v) is 12.8. The molecule has 11 nitrogen and oxygen atoms in total. The van der Waals surface area contributed by atoms with Gasteiger partial charge in [0.1, 0.15) is 0 Å². The number of allylic oxidation sites excluding steroid dienone is 2. The molecule has 0 radical (unpaired) electrons. The molecule has 33 heavy (non-hydrogen) atoms. The Morgan fingerprint density at radius 3 is 1.55 bits per heavy atom. The molecule has 3 unspecified atom stereocenters. The summed E-state index contributed by atoms with van der Waals surface area (Å²) in [5.74, 6) is 0. The largest absolute Gasteiger partial charge is 0.399 e. The summed E-state index contributed by atoms with van der Waals surface area (Å²) in [6, 6.07) is 0. The lowest BCUT2D eigenvalue weighted by Crippen LogP contribution is -2.21. The molecule has 0 heterocycles. The number of hydrogen-bond acceptors (Lipinski definition) is 11. The van der Waals surface area contributed by atoms with Crippen LogP contribution in [0.3, 0.4) is 0 Å². The molecule has 2 aromatic carbocycles. The van der Waals surface area contributed by atoms with Crippen molar-refractivity contribution in [1.29, 1.82) is 0 Å². The first-order valence-electron chi connectivity index (χ1n) is 9.68. The Kier molecular flexibility index (Phi) is 5.85. The fraction of sp³-hybridized carbons (Fsp3) is 0.158. The number of hydrogen-bond donors (Lipinski definition) is 11. The molecule has 0 fully saturated rings. The third-order valence-electron chi connectivity index (χ3n) is 6.06. The van der Waals surface area contributed by atoms with Gasteiger partial charge in [0.2, 0.25) is 0 Å². The minimum atomic E-state index is -0.214. The Bertz CT molecular complexity index is 1190. The summed E-state index contributed by atoms with van der Waals surface area (Å²) in [7, 11) is 2.60. The molecule has 0 aromatic heterocycles. The highest BCUT2D eigenvalue weighted by molar-refractivity contribution is 14.1. The first kappa shape index (κ1) is 23.8. The summed E-state index contributed by atoms with van der Waals surface area (Å²) >= 11 is 4.42. The van der Waals surface area contributed by atoms with Crippen LogP contribution in [0.1, 0.15) is 30.1 Å². The van der Waals surface area contributed by atoms with E-state index in [9.17, 15) is 0 Å². The van der Waals surface area contributed by atoms with E-state index in [1.165, 1.54) is 0 Å². The molecule has 0 bridgehead atoms. The van der Waals surface area contributed by atoms with Crippen LogP contribution in [0.4, 0.5) is 39.8 Å². The number of rotatable bonds is 4. The fourth-order valence-electron chi connectivity index (χ4n) is 4.22. The molecule has 2 aliphatic carbocycles. The van der Waals surface area contributed by atoms with Crippen LogP contribution in [0.15, 0.2) is 11.4 Å². The van der Waals surface area contributed by atoms with E-state index in [0.717, 1.165) is 22.0 Å². The Hall–Kier alpha value is -2.39. The SMILES string of the molecule is NC1=C(N)C(I)c2c(NCNc3c(N)c(N)c(P)c4c3C(I)C(N)=C4N)c(N)c(N)c(N)c21. The number of nitrogens with one attached hydrogen (secondary N) is 2. The molecule has 14 heteroatoms. The van der Waals surface area contributed by atoms with Gasteiger partial charge >= 0.3 is 0 Å². The van der Waals surface area contributed by atoms with Gasteiger partial charge < -0.3 is 62.2 Å². The van der Waals surface area contributed by atoms with Crippen molar-refractivity contribution < 1.29 is 0 Å². The second kappa shape index (κ2) is 8.13. The molecular formula is C19H26I2N11P. The third-order valence-corrected chi connectivity index (χ3v) is 9.25. The lowest BCUT2D eigenvalue weighted by molar-refractivity contribution is 1.12. The maximum Gasteiger partial charge on any atom is 0.0851 e. The minimum absolute atomic E-state index is 0.161. The van der Waals surface area contributed by atoms with Crippen LogP contribution in [-0.2, 0) is 0 Å². The summed E-state index contributed by atoms with van der Waals surface area (Å²) in [6.45, 7) is 0.235. The van der Waals surface area contributed by atoms with Crippen molar-refractivity contribution >= 4 is 111 Å². The van der Waals surface area contributed by atoms with E-state index in [1.54, 1.807) is 0 Å². The molecule has 0 saturated carbocycles. The maximum atomic E-state index is 6.38. The zero-order chi connectivity index (χ0) is 24.5. The summed E-state index contributed by atoms with van der Waals surface area (Å²) in [6.07, 6.45) is 0. The molecule has 2 aliphatic rings. The number of alkyl halides is 2. The van der Waals surface area contributed by atoms with Gasteiger partial charge in [0.05, 0.1) is 65.7 Å². The van der Waals surface area contributed by atoms with Crippen LogP contribution in [0.2, 0.25) is 0 Å². The van der Waals surface area contributed by atoms with Crippen molar-refractivity contribution in [3.63, 3.8) is 0 Å². The average molecular weight is 693 g/mol. The minimum Gasteiger partial charge on any atom is -0.399 e. The summed E-state index contributed by atoms with van der Waals surface area (Å²) < 4.78 is -0.375. The number of fused-ring (bicyclic) bond motifs is 2. The van der Waals surface area contributed by atoms with E-state index in [0.29, 0.717) is 62.5 Å². The molecule has 2 aromatic rings. The van der Waals surface area contributed by atoms with E-state index in [-0.39, 0.29) is 20.2 Å². The van der Waals surface area contributed by atoms with Gasteiger partial charge in [-0.05, 0) is 0 Å². The number of halogens is 2. The molecule has 20 N–H and O–H groups in total. The highest BCUT2D eigenvalue weighted by atomic mass is 127. The van der Waals surface area contributed by atoms with E-state index in [1.807, 2.05) is 0 Å². The van der Waals surface area contributed by atoms with E-state index < -0.39 is 0 Å². The lowest BCUT2D eigenvalue weighted by Gasteiger charge is -2.23. The van der Waals surface area contributed by atoms with Gasteiger partial charge in [-0.15, -0.1) is 9.24 Å². The van der Waals surface area contributed by atoms with Crippen LogP contribution in [0.5, 0.6) is 0 Å². The molecule has 0 aliphatic heterocycles. The highest BCUT2D eigenvalue weighted by Gasteiger charge is 2.35. The normalized spacial score (nSPS) is 19.1. The number of nitrogens with two attached hydrogens (primary N) is 9. The Balaban J connectivity index is 1.72. The summed E-state index contributed by atoms with van der Waals surface area (Å²) in [5.41, 5.74) is 64.2. The smallest absolute Gasteiger partial charge is 0.0851 e. The van der Waals surface area contributed by atoms with Crippen LogP contribution < -0.4 is 67.5 Å². The molecular weight excluding hydrogens is 667 g/mol. The zero-order valence-corrected chi connectivity index (χ0v) is 22.9. The van der Waals surface area contributed by atoms with Gasteiger partial charge in [-0.25, -0.2) is 0 Å². The maximum absolute atomic E-state index is 6.38. The second-order valence-electron chi connectivity index (χ2n) is 7.80. The topological polar surface area (TPSA) is 258 Å². The van der Waals surface area contributed by atoms with Gasteiger partial charge in [-0.3, -0.25) is 0 Å². The van der Waals surface area contributed by atoms with Gasteiger partial charge in [-0.2, -0.15) is 0 Å². The second-order valence-corrected chi connectivity index (χ2v) is 10.9. The molecule has 0 spiro atoms. The quantitative estimate of drug-likeness (QED) is 0.0700. The van der Waals surface area contributed by atoms with Crippen molar-refractivity contribution in [3.05, 3.63) is 33.6 Å². The lowest BCUT2D eigenvalue weighted by atomic mass is 10.0. The van der Waals surface area contributed by atoms with Gasteiger partial charge in [0.15, 0.2) is 0 Å². The molecule has 4 rings (SSSR count). The van der Waals surface area contributed by atoms with Crippen molar-refractivity contribution in [2.75, 3.05) is 46.0 Å². The van der Waals surface area contributed by atoms with Crippen molar-refractivity contribution in [1.82, 2.24) is 0 Å². The third kappa shape index (κ3) is 3.23. The predicted octanol–water partition coefficient (Wildman–Crippen LogP) is 0.731. The number of anilines is 7. The summed E-state index contributed by atoms with van der Waals surface area (Å²) in [5, 5.41) is 7.33.